The molecule has 2 aliphatic heterocycles. The van der Waals surface area contributed by atoms with E-state index in [9.17, 15) is 0 Å². The number of anilines is 1. The van der Waals surface area contributed by atoms with Gasteiger partial charge in [0.2, 0.25) is 5.95 Å². The van der Waals surface area contributed by atoms with Crippen molar-refractivity contribution in [3.05, 3.63) is 29.6 Å². The van der Waals surface area contributed by atoms with Crippen LogP contribution in [0.25, 0.3) is 0 Å². The number of fused-ring (bicyclic) bond motifs is 1. The maximum Gasteiger partial charge on any atom is 0.225 e. The van der Waals surface area contributed by atoms with Crippen LogP contribution in [0.1, 0.15) is 56.2 Å². The van der Waals surface area contributed by atoms with Gasteiger partial charge in [-0.25, -0.2) is 19.6 Å². The maximum absolute atomic E-state index is 4.65. The lowest BCUT2D eigenvalue weighted by molar-refractivity contribution is 0.357. The van der Waals surface area contributed by atoms with Gasteiger partial charge in [-0.3, -0.25) is 0 Å². The minimum Gasteiger partial charge on any atom is -0.341 e. The smallest absolute Gasteiger partial charge is 0.225 e. The number of hydrogen-bond donors (Lipinski definition) is 1. The van der Waals surface area contributed by atoms with Crippen LogP contribution in [0.5, 0.6) is 0 Å². The van der Waals surface area contributed by atoms with Crippen molar-refractivity contribution in [2.24, 2.45) is 0 Å². The van der Waals surface area contributed by atoms with E-state index in [1.165, 1.54) is 12.8 Å². The van der Waals surface area contributed by atoms with Gasteiger partial charge in [0.05, 0.1) is 6.54 Å². The molecule has 0 saturated carbocycles. The third-order valence-corrected chi connectivity index (χ3v) is 5.07. The fraction of sp³-hybridized carbons (Fsp3) is 0.667. The molecule has 7 nitrogen and oxygen atoms in total. The number of hydrogen-bond acceptors (Lipinski definition) is 6. The average molecular weight is 341 g/mol. The summed E-state index contributed by atoms with van der Waals surface area (Å²) in [5.74, 6) is 3.34. The molecule has 0 amide bonds. The molecule has 4 rings (SSSR count). The van der Waals surface area contributed by atoms with Crippen molar-refractivity contribution < 1.29 is 0 Å². The highest BCUT2D eigenvalue weighted by Gasteiger charge is 2.22. The second kappa shape index (κ2) is 7.07. The number of aromatic nitrogens is 5. The predicted molar refractivity (Wildman–Crippen MR) is 96.5 cm³/mol. The summed E-state index contributed by atoms with van der Waals surface area (Å²) in [6, 6.07) is 0.424. The first-order valence-electron chi connectivity index (χ1n) is 9.42. The molecule has 0 aliphatic carbocycles. The summed E-state index contributed by atoms with van der Waals surface area (Å²) in [6.07, 6.45) is 8.49. The topological polar surface area (TPSA) is 71.8 Å². The van der Waals surface area contributed by atoms with E-state index in [1.54, 1.807) is 0 Å². The summed E-state index contributed by atoms with van der Waals surface area (Å²) in [6.45, 7) is 8.14. The number of nitrogens with one attached hydrogen (secondary N) is 1. The van der Waals surface area contributed by atoms with Crippen LogP contribution >= 0.6 is 0 Å². The van der Waals surface area contributed by atoms with Crippen LogP contribution in [0.2, 0.25) is 0 Å². The van der Waals surface area contributed by atoms with E-state index in [4.69, 9.17) is 0 Å². The summed E-state index contributed by atoms with van der Waals surface area (Å²) < 4.78 is 2.07. The van der Waals surface area contributed by atoms with Gasteiger partial charge >= 0.3 is 0 Å². The quantitative estimate of drug-likeness (QED) is 0.895. The van der Waals surface area contributed by atoms with Crippen LogP contribution < -0.4 is 10.2 Å². The first-order chi connectivity index (χ1) is 12.2. The molecule has 0 bridgehead atoms. The molecule has 0 spiro atoms. The zero-order chi connectivity index (χ0) is 17.2. The summed E-state index contributed by atoms with van der Waals surface area (Å²) >= 11 is 0. The van der Waals surface area contributed by atoms with Gasteiger partial charge in [0.1, 0.15) is 5.82 Å². The lowest BCUT2D eigenvalue weighted by Crippen LogP contribution is -2.37. The van der Waals surface area contributed by atoms with Gasteiger partial charge in [0.15, 0.2) is 5.82 Å². The normalized spacial score (nSPS) is 20.3. The van der Waals surface area contributed by atoms with Gasteiger partial charge in [0.25, 0.3) is 0 Å². The number of aryl methyl sites for hydroxylation is 1. The van der Waals surface area contributed by atoms with Crippen molar-refractivity contribution in [1.29, 1.82) is 0 Å². The summed E-state index contributed by atoms with van der Waals surface area (Å²) in [7, 11) is 0. The third kappa shape index (κ3) is 3.66. The average Bonchev–Trinajstić information content (AvgIpc) is 3.29. The Bertz CT molecular complexity index is 701. The van der Waals surface area contributed by atoms with Gasteiger partial charge in [-0.05, 0) is 19.3 Å². The molecule has 2 aliphatic rings. The van der Waals surface area contributed by atoms with Crippen molar-refractivity contribution >= 4 is 5.95 Å². The molecule has 4 heterocycles. The van der Waals surface area contributed by atoms with E-state index >= 15 is 0 Å². The molecule has 7 heteroatoms. The molecule has 1 fully saturated rings. The Morgan fingerprint density at radius 2 is 1.96 bits per heavy atom. The number of rotatable bonds is 5. The lowest BCUT2D eigenvalue weighted by atomic mass is 10.1. The van der Waals surface area contributed by atoms with E-state index in [-0.39, 0.29) is 0 Å². The lowest BCUT2D eigenvalue weighted by Gasteiger charge is -2.23. The highest BCUT2D eigenvalue weighted by atomic mass is 15.4. The van der Waals surface area contributed by atoms with E-state index in [2.05, 4.69) is 48.8 Å². The predicted octanol–water partition coefficient (Wildman–Crippen LogP) is 1.90. The van der Waals surface area contributed by atoms with Gasteiger partial charge in [-0.15, -0.1) is 0 Å². The largest absolute Gasteiger partial charge is 0.341 e. The molecule has 0 radical (unpaired) electrons. The molecular formula is C18H27N7. The van der Waals surface area contributed by atoms with Crippen molar-refractivity contribution in [2.75, 3.05) is 18.0 Å². The van der Waals surface area contributed by atoms with Crippen molar-refractivity contribution in [1.82, 2.24) is 30.0 Å². The Morgan fingerprint density at radius 3 is 2.68 bits per heavy atom. The molecule has 0 aromatic carbocycles. The maximum atomic E-state index is 4.65. The molecule has 1 saturated heterocycles. The van der Waals surface area contributed by atoms with E-state index in [0.717, 1.165) is 62.2 Å². The Labute approximate surface area is 148 Å². The fourth-order valence-electron chi connectivity index (χ4n) is 3.52. The molecule has 1 unspecified atom stereocenters. The highest BCUT2D eigenvalue weighted by Crippen LogP contribution is 2.18. The Kier molecular flexibility index (Phi) is 4.65. The van der Waals surface area contributed by atoms with Crippen LogP contribution in [-0.2, 0) is 19.5 Å². The molecule has 1 N–H and O–H groups in total. The SMILES string of the molecule is CC(C)c1nc2n(n1)CC(NCc1cnc(N3CCCC3)nc1)CC2. The molecule has 1 atom stereocenters. The molecular weight excluding hydrogens is 314 g/mol. The Hall–Kier alpha value is -2.02. The van der Waals surface area contributed by atoms with Gasteiger partial charge in [0, 0.05) is 56.0 Å². The zero-order valence-electron chi connectivity index (χ0n) is 15.1. The summed E-state index contributed by atoms with van der Waals surface area (Å²) in [5, 5.41) is 8.27. The van der Waals surface area contributed by atoms with Gasteiger partial charge < -0.3 is 10.2 Å². The Balaban J connectivity index is 1.32. The first kappa shape index (κ1) is 16.4. The third-order valence-electron chi connectivity index (χ3n) is 5.07. The molecule has 2 aromatic rings. The zero-order valence-corrected chi connectivity index (χ0v) is 15.1. The van der Waals surface area contributed by atoms with E-state index in [0.29, 0.717) is 12.0 Å². The fourth-order valence-corrected chi connectivity index (χ4v) is 3.52. The summed E-state index contributed by atoms with van der Waals surface area (Å²) in [4.78, 5) is 16.0. The van der Waals surface area contributed by atoms with Crippen LogP contribution in [-0.4, -0.2) is 43.9 Å². The monoisotopic (exact) mass is 341 g/mol. The number of nitrogens with zero attached hydrogens (tertiary/aromatic N) is 6. The van der Waals surface area contributed by atoms with E-state index < -0.39 is 0 Å². The minimum atomic E-state index is 0.385. The van der Waals surface area contributed by atoms with Crippen LogP contribution in [0.15, 0.2) is 12.4 Å². The molecule has 25 heavy (non-hydrogen) atoms. The Morgan fingerprint density at radius 1 is 1.20 bits per heavy atom. The van der Waals surface area contributed by atoms with Gasteiger partial charge in [-0.1, -0.05) is 13.8 Å². The van der Waals surface area contributed by atoms with Crippen molar-refractivity contribution in [3.8, 4) is 0 Å². The summed E-state index contributed by atoms with van der Waals surface area (Å²) in [5.41, 5.74) is 1.13. The van der Waals surface area contributed by atoms with E-state index in [1.807, 2.05) is 12.4 Å². The molecule has 2 aromatic heterocycles. The van der Waals surface area contributed by atoms with Crippen molar-refractivity contribution in [3.63, 3.8) is 0 Å². The van der Waals surface area contributed by atoms with Gasteiger partial charge in [-0.2, -0.15) is 5.10 Å². The first-order valence-corrected chi connectivity index (χ1v) is 9.42. The highest BCUT2D eigenvalue weighted by molar-refractivity contribution is 5.30. The van der Waals surface area contributed by atoms with Crippen LogP contribution in [0.4, 0.5) is 5.95 Å². The minimum absolute atomic E-state index is 0.385. The second-order valence-corrected chi connectivity index (χ2v) is 7.43. The van der Waals surface area contributed by atoms with Crippen molar-refractivity contribution in [2.45, 2.75) is 64.6 Å². The standard InChI is InChI=1S/C18H27N7/c1-13(2)17-22-16-6-5-15(12-25(16)23-17)19-9-14-10-20-18(21-11-14)24-7-3-4-8-24/h10-11,13,15,19H,3-9,12H2,1-2H3. The van der Waals surface area contributed by atoms with Crippen LogP contribution in [0, 0.1) is 0 Å². The van der Waals surface area contributed by atoms with Crippen LogP contribution in [0.3, 0.4) is 0 Å². The second-order valence-electron chi connectivity index (χ2n) is 7.43. The molecule has 134 valence electrons.